The minimum Gasteiger partial charge on any atom is -0.449 e. The van der Waals surface area contributed by atoms with Crippen molar-refractivity contribution in [2.24, 2.45) is 0 Å². The van der Waals surface area contributed by atoms with Crippen molar-refractivity contribution in [1.82, 2.24) is 15.6 Å². The van der Waals surface area contributed by atoms with E-state index in [1.165, 1.54) is 43.9 Å². The first-order valence-corrected chi connectivity index (χ1v) is 13.8. The highest BCUT2D eigenvalue weighted by molar-refractivity contribution is 8.01. The summed E-state index contributed by atoms with van der Waals surface area (Å²) < 4.78 is 0. The van der Waals surface area contributed by atoms with Crippen molar-refractivity contribution in [2.45, 2.75) is 80.1 Å². The van der Waals surface area contributed by atoms with Crippen LogP contribution in [0.25, 0.3) is 0 Å². The van der Waals surface area contributed by atoms with E-state index in [9.17, 15) is 14.6 Å². The van der Waals surface area contributed by atoms with Gasteiger partial charge >= 0.3 is 13.5 Å². The van der Waals surface area contributed by atoms with Gasteiger partial charge in [0.15, 0.2) is 0 Å². The fraction of sp³-hybridized carbons (Fsp3) is 0.444. The first-order valence-electron chi connectivity index (χ1n) is 12.9. The van der Waals surface area contributed by atoms with Crippen LogP contribution in [-0.2, 0) is 4.79 Å². The molecule has 0 bridgehead atoms. The molecule has 0 spiro atoms. The second kappa shape index (κ2) is 12.5. The molecule has 1 aliphatic carbocycles. The number of thioether (sulfide) groups is 1. The van der Waals surface area contributed by atoms with Crippen molar-refractivity contribution < 1.29 is 14.6 Å². The van der Waals surface area contributed by atoms with Gasteiger partial charge in [-0.15, -0.1) is 0 Å². The number of allylic oxidation sites excluding steroid dienone is 5. The molecule has 1 fully saturated rings. The van der Waals surface area contributed by atoms with Gasteiger partial charge in [0.2, 0.25) is 5.91 Å². The van der Waals surface area contributed by atoms with Crippen LogP contribution in [-0.4, -0.2) is 40.7 Å². The second-order valence-corrected chi connectivity index (χ2v) is 10.6. The number of amides is 3. The maximum absolute atomic E-state index is 13.5. The van der Waals surface area contributed by atoms with Crippen LogP contribution in [0.3, 0.4) is 0 Å². The summed E-state index contributed by atoms with van der Waals surface area (Å²) in [4.78, 5) is 32.9. The van der Waals surface area contributed by atoms with Gasteiger partial charge < -0.3 is 15.7 Å². The summed E-state index contributed by atoms with van der Waals surface area (Å²) in [6.45, 7) is 7.56. The molecule has 3 amide bonds. The van der Waals surface area contributed by atoms with Crippen molar-refractivity contribution in [3.63, 3.8) is 0 Å². The molecule has 3 N–H and O–H groups in total. The van der Waals surface area contributed by atoms with Crippen LogP contribution in [0.4, 0.5) is 10.5 Å². The van der Waals surface area contributed by atoms with Crippen LogP contribution in [0.5, 0.6) is 0 Å². The molecule has 190 valence electrons. The van der Waals surface area contributed by atoms with E-state index in [0.717, 1.165) is 36.3 Å². The molecule has 3 aliphatic rings. The van der Waals surface area contributed by atoms with E-state index >= 15 is 0 Å². The van der Waals surface area contributed by atoms with Gasteiger partial charge in [0, 0.05) is 17.8 Å². The van der Waals surface area contributed by atoms with Crippen LogP contribution in [0.15, 0.2) is 65.9 Å². The summed E-state index contributed by atoms with van der Waals surface area (Å²) in [6, 6.07) is 1.21. The number of carbonyl (C=O) groups excluding carboxylic acids is 2. The molecule has 1 aromatic rings. The van der Waals surface area contributed by atoms with E-state index in [-0.39, 0.29) is 25.5 Å². The van der Waals surface area contributed by atoms with Crippen molar-refractivity contribution in [3.05, 3.63) is 66.5 Å². The van der Waals surface area contributed by atoms with Crippen LogP contribution in [0.2, 0.25) is 0 Å². The predicted octanol–water partition coefficient (Wildman–Crippen LogP) is 4.62. The minimum atomic E-state index is -0.465. The predicted molar refractivity (Wildman–Crippen MR) is 147 cm³/mol. The number of carbonyl (C=O) groups is 2. The standard InChI is InChI=1S/C27H35BN4O3S/c1-3-18(28-35)14-15-20(4-2)32-21-16-17-29-26-22(21)23(31-27(32)34)24(36-26)25(33)30-19-12-10-8-6-5-7-9-11-13-19/h3-4,14-17,19,23-24,28,35H,1-2,5-13H2,(H,30,33)(H,31,34)/b18-14+,20-15+. The molecule has 9 heteroatoms. The smallest absolute Gasteiger partial charge is 0.327 e. The Bertz CT molecular complexity index is 1060. The first kappa shape index (κ1) is 26.3. The molecule has 2 aliphatic heterocycles. The van der Waals surface area contributed by atoms with E-state index in [1.807, 2.05) is 0 Å². The molecule has 0 radical (unpaired) electrons. The Morgan fingerprint density at radius 2 is 1.83 bits per heavy atom. The highest BCUT2D eigenvalue weighted by Gasteiger charge is 2.46. The van der Waals surface area contributed by atoms with Crippen LogP contribution >= 0.6 is 11.8 Å². The Morgan fingerprint density at radius 1 is 1.14 bits per heavy atom. The SMILES string of the molecule is C=C/C(BO)=C\C=C(/C=C)N1C(=O)NC2c3c1ccnc3SC2C(=O)NC1CCCCCCCCC1. The molecule has 3 heterocycles. The Hall–Kier alpha value is -2.78. The fourth-order valence-corrected chi connectivity index (χ4v) is 6.37. The maximum Gasteiger partial charge on any atom is 0.327 e. The molecule has 1 aromatic heterocycles. The van der Waals surface area contributed by atoms with Crippen LogP contribution < -0.4 is 15.5 Å². The van der Waals surface area contributed by atoms with Crippen molar-refractivity contribution >= 4 is 36.9 Å². The lowest BCUT2D eigenvalue weighted by atomic mass is 9.87. The monoisotopic (exact) mass is 506 g/mol. The molecule has 0 saturated heterocycles. The molecule has 2 unspecified atom stereocenters. The molecule has 2 atom stereocenters. The van der Waals surface area contributed by atoms with Gasteiger partial charge in [-0.2, -0.15) is 0 Å². The van der Waals surface area contributed by atoms with E-state index in [4.69, 9.17) is 0 Å². The lowest BCUT2D eigenvalue weighted by Crippen LogP contribution is -2.51. The molecule has 0 aromatic carbocycles. The number of urea groups is 1. The van der Waals surface area contributed by atoms with E-state index in [0.29, 0.717) is 16.9 Å². The quantitative estimate of drug-likeness (QED) is 0.371. The molecular formula is C27H35BN4O3S. The Morgan fingerprint density at radius 3 is 2.47 bits per heavy atom. The van der Waals surface area contributed by atoms with Gasteiger partial charge in [0.1, 0.15) is 10.3 Å². The van der Waals surface area contributed by atoms with E-state index in [2.05, 4.69) is 28.8 Å². The molecule has 4 rings (SSSR count). The van der Waals surface area contributed by atoms with E-state index < -0.39 is 11.3 Å². The third-order valence-corrected chi connectivity index (χ3v) is 8.38. The Kier molecular flexibility index (Phi) is 9.10. The minimum absolute atomic E-state index is 0.0363. The van der Waals surface area contributed by atoms with Gasteiger partial charge in [-0.1, -0.05) is 87.5 Å². The van der Waals surface area contributed by atoms with Gasteiger partial charge in [0.05, 0.1) is 17.4 Å². The zero-order valence-corrected chi connectivity index (χ0v) is 21.6. The van der Waals surface area contributed by atoms with Gasteiger partial charge in [-0.3, -0.25) is 9.69 Å². The summed E-state index contributed by atoms with van der Waals surface area (Å²) in [5, 5.41) is 16.1. The largest absolute Gasteiger partial charge is 0.449 e. The highest BCUT2D eigenvalue weighted by atomic mass is 32.2. The van der Waals surface area contributed by atoms with Crippen molar-refractivity contribution in [2.75, 3.05) is 4.90 Å². The number of anilines is 1. The molecule has 7 nitrogen and oxygen atoms in total. The zero-order chi connectivity index (χ0) is 25.5. The second-order valence-electron chi connectivity index (χ2n) is 9.51. The summed E-state index contributed by atoms with van der Waals surface area (Å²) in [7, 11) is -0.155. The van der Waals surface area contributed by atoms with E-state index in [1.54, 1.807) is 41.5 Å². The normalized spacial score (nSPS) is 23.4. The molecule has 1 saturated carbocycles. The number of nitrogens with zero attached hydrogens (tertiary/aromatic N) is 2. The summed E-state index contributed by atoms with van der Waals surface area (Å²) in [5.41, 5.74) is 2.72. The highest BCUT2D eigenvalue weighted by Crippen LogP contribution is 2.50. The number of nitrogens with one attached hydrogen (secondary N) is 2. The fourth-order valence-electron chi connectivity index (χ4n) is 5.13. The third-order valence-electron chi connectivity index (χ3n) is 7.10. The number of rotatable bonds is 7. The van der Waals surface area contributed by atoms with Crippen molar-refractivity contribution in [3.8, 4) is 0 Å². The van der Waals surface area contributed by atoms with Gasteiger partial charge in [-0.25, -0.2) is 9.78 Å². The number of hydrogen-bond acceptors (Lipinski definition) is 5. The van der Waals surface area contributed by atoms with Crippen LogP contribution in [0.1, 0.15) is 69.4 Å². The van der Waals surface area contributed by atoms with Crippen LogP contribution in [0, 0.1) is 0 Å². The average molecular weight is 506 g/mol. The average Bonchev–Trinajstić information content (AvgIpc) is 3.26. The maximum atomic E-state index is 13.5. The lowest BCUT2D eigenvalue weighted by molar-refractivity contribution is -0.121. The zero-order valence-electron chi connectivity index (χ0n) is 20.7. The Balaban J connectivity index is 1.56. The number of hydrogen-bond donors (Lipinski definition) is 3. The van der Waals surface area contributed by atoms with Gasteiger partial charge in [0.25, 0.3) is 0 Å². The van der Waals surface area contributed by atoms with Crippen molar-refractivity contribution in [1.29, 1.82) is 0 Å². The van der Waals surface area contributed by atoms with Gasteiger partial charge in [-0.05, 0) is 31.1 Å². The molecule has 36 heavy (non-hydrogen) atoms. The topological polar surface area (TPSA) is 94.6 Å². The summed E-state index contributed by atoms with van der Waals surface area (Å²) in [6.07, 6.45) is 18.8. The number of aromatic nitrogens is 1. The third kappa shape index (κ3) is 5.78. The summed E-state index contributed by atoms with van der Waals surface area (Å²) in [5.74, 6) is -0.0363. The number of pyridine rings is 1. The lowest BCUT2D eigenvalue weighted by Gasteiger charge is -2.35. The first-order chi connectivity index (χ1) is 17.6. The Labute approximate surface area is 218 Å². The molecular weight excluding hydrogens is 471 g/mol. The summed E-state index contributed by atoms with van der Waals surface area (Å²) >= 11 is 1.42.